The number of rotatable bonds is 5. The van der Waals surface area contributed by atoms with Crippen LogP contribution < -0.4 is 10.1 Å². The lowest BCUT2D eigenvalue weighted by Crippen LogP contribution is -2.26. The maximum atomic E-state index is 12.5. The van der Waals surface area contributed by atoms with Crippen molar-refractivity contribution >= 4 is 15.9 Å². The first-order valence-corrected chi connectivity index (χ1v) is 6.30. The molecule has 0 spiro atoms. The summed E-state index contributed by atoms with van der Waals surface area (Å²) >= 11 is 3.27. The number of ether oxygens (including phenoxy) is 1. The molecule has 0 saturated carbocycles. The molecule has 1 atom stereocenters. The van der Waals surface area contributed by atoms with Crippen LogP contribution in [0.3, 0.4) is 0 Å². The lowest BCUT2D eigenvalue weighted by molar-refractivity contribution is -0.140. The number of methoxy groups -OCH3 is 1. The molecule has 0 aliphatic carbocycles. The highest BCUT2D eigenvalue weighted by molar-refractivity contribution is 9.10. The molecule has 0 radical (unpaired) electrons. The highest BCUT2D eigenvalue weighted by atomic mass is 79.9. The van der Waals surface area contributed by atoms with Gasteiger partial charge in [-0.25, -0.2) is 0 Å². The number of hydrogen-bond acceptors (Lipinski definition) is 2. The molecular formula is C12H15BrF3NO. The SMILES string of the molecule is CCNC(CC(F)(F)F)c1ccc(OC)c(Br)c1. The third-order valence-corrected chi connectivity index (χ3v) is 3.08. The smallest absolute Gasteiger partial charge is 0.390 e. The minimum Gasteiger partial charge on any atom is -0.496 e. The van der Waals surface area contributed by atoms with E-state index in [-0.39, 0.29) is 0 Å². The summed E-state index contributed by atoms with van der Waals surface area (Å²) in [6.45, 7) is 2.26. The summed E-state index contributed by atoms with van der Waals surface area (Å²) < 4.78 is 43.1. The molecule has 0 aromatic heterocycles. The van der Waals surface area contributed by atoms with E-state index in [0.717, 1.165) is 0 Å². The molecule has 1 aromatic rings. The zero-order chi connectivity index (χ0) is 13.8. The van der Waals surface area contributed by atoms with Crippen molar-refractivity contribution in [3.63, 3.8) is 0 Å². The van der Waals surface area contributed by atoms with Crippen molar-refractivity contribution in [2.75, 3.05) is 13.7 Å². The molecule has 0 bridgehead atoms. The minimum atomic E-state index is -4.20. The molecule has 0 saturated heterocycles. The second kappa shape index (κ2) is 6.43. The van der Waals surface area contributed by atoms with Crippen molar-refractivity contribution in [1.29, 1.82) is 0 Å². The predicted octanol–water partition coefficient (Wildman–Crippen LogP) is 4.06. The van der Waals surface area contributed by atoms with Crippen molar-refractivity contribution < 1.29 is 17.9 Å². The van der Waals surface area contributed by atoms with E-state index in [4.69, 9.17) is 4.74 Å². The van der Waals surface area contributed by atoms with Gasteiger partial charge in [0, 0.05) is 6.04 Å². The van der Waals surface area contributed by atoms with Crippen LogP contribution in [0.25, 0.3) is 0 Å². The van der Waals surface area contributed by atoms with Gasteiger partial charge in [0.2, 0.25) is 0 Å². The van der Waals surface area contributed by atoms with Gasteiger partial charge in [0.1, 0.15) is 5.75 Å². The van der Waals surface area contributed by atoms with E-state index in [1.54, 1.807) is 25.1 Å². The van der Waals surface area contributed by atoms with Crippen molar-refractivity contribution in [3.05, 3.63) is 28.2 Å². The zero-order valence-electron chi connectivity index (χ0n) is 10.1. The monoisotopic (exact) mass is 325 g/mol. The summed E-state index contributed by atoms with van der Waals surface area (Å²) in [7, 11) is 1.51. The minimum absolute atomic E-state index is 0.477. The first kappa shape index (κ1) is 15.3. The van der Waals surface area contributed by atoms with Crippen molar-refractivity contribution in [3.8, 4) is 5.75 Å². The number of hydrogen-bond donors (Lipinski definition) is 1. The lowest BCUT2D eigenvalue weighted by atomic mass is 10.0. The van der Waals surface area contributed by atoms with Crippen LogP contribution in [-0.4, -0.2) is 19.8 Å². The van der Waals surface area contributed by atoms with E-state index in [1.807, 2.05) is 0 Å². The fraction of sp³-hybridized carbons (Fsp3) is 0.500. The summed E-state index contributed by atoms with van der Waals surface area (Å²) in [5.41, 5.74) is 0.585. The highest BCUT2D eigenvalue weighted by Crippen LogP contribution is 2.33. The summed E-state index contributed by atoms with van der Waals surface area (Å²) in [6.07, 6.45) is -5.08. The summed E-state index contributed by atoms with van der Waals surface area (Å²) in [5.74, 6) is 0.598. The molecule has 1 rings (SSSR count). The largest absolute Gasteiger partial charge is 0.496 e. The van der Waals surface area contributed by atoms with Gasteiger partial charge < -0.3 is 10.1 Å². The molecule has 0 aliphatic heterocycles. The van der Waals surface area contributed by atoms with Crippen LogP contribution in [-0.2, 0) is 0 Å². The van der Waals surface area contributed by atoms with E-state index >= 15 is 0 Å². The van der Waals surface area contributed by atoms with E-state index < -0.39 is 18.6 Å². The molecule has 102 valence electrons. The van der Waals surface area contributed by atoms with Gasteiger partial charge >= 0.3 is 6.18 Å². The normalized spacial score (nSPS) is 13.4. The standard InChI is InChI=1S/C12H15BrF3NO/c1-3-17-10(7-12(14,15)16)8-4-5-11(18-2)9(13)6-8/h4-6,10,17H,3,7H2,1-2H3. The maximum absolute atomic E-state index is 12.5. The predicted molar refractivity (Wildman–Crippen MR) is 67.8 cm³/mol. The Labute approximate surface area is 113 Å². The Morgan fingerprint density at radius 3 is 2.50 bits per heavy atom. The van der Waals surface area contributed by atoms with Crippen LogP contribution in [0.5, 0.6) is 5.75 Å². The van der Waals surface area contributed by atoms with Gasteiger partial charge in [-0.3, -0.25) is 0 Å². The molecule has 0 aliphatic rings. The maximum Gasteiger partial charge on any atom is 0.390 e. The quantitative estimate of drug-likeness (QED) is 0.881. The molecule has 0 heterocycles. The molecule has 18 heavy (non-hydrogen) atoms. The highest BCUT2D eigenvalue weighted by Gasteiger charge is 2.32. The van der Waals surface area contributed by atoms with E-state index in [0.29, 0.717) is 22.3 Å². The fourth-order valence-electron chi connectivity index (χ4n) is 1.69. The zero-order valence-corrected chi connectivity index (χ0v) is 11.7. The van der Waals surface area contributed by atoms with E-state index in [9.17, 15) is 13.2 Å². The molecule has 1 N–H and O–H groups in total. The van der Waals surface area contributed by atoms with Crippen molar-refractivity contribution in [1.82, 2.24) is 5.32 Å². The van der Waals surface area contributed by atoms with Crippen LogP contribution in [0.4, 0.5) is 13.2 Å². The van der Waals surface area contributed by atoms with Gasteiger partial charge in [0.15, 0.2) is 0 Å². The van der Waals surface area contributed by atoms with Crippen LogP contribution in [0.15, 0.2) is 22.7 Å². The van der Waals surface area contributed by atoms with Crippen LogP contribution in [0, 0.1) is 0 Å². The van der Waals surface area contributed by atoms with Crippen molar-refractivity contribution in [2.45, 2.75) is 25.6 Å². The molecule has 6 heteroatoms. The summed E-state index contributed by atoms with van der Waals surface area (Å²) in [5, 5.41) is 2.84. The molecule has 0 fully saturated rings. The van der Waals surface area contributed by atoms with Crippen LogP contribution in [0.2, 0.25) is 0 Å². The average molecular weight is 326 g/mol. The molecule has 2 nitrogen and oxygen atoms in total. The molecule has 0 amide bonds. The molecule has 1 unspecified atom stereocenters. The third kappa shape index (κ3) is 4.49. The van der Waals surface area contributed by atoms with E-state index in [2.05, 4.69) is 21.2 Å². The second-order valence-corrected chi connectivity index (χ2v) is 4.68. The summed E-state index contributed by atoms with van der Waals surface area (Å²) in [4.78, 5) is 0. The average Bonchev–Trinajstić information content (AvgIpc) is 2.26. The molecular weight excluding hydrogens is 311 g/mol. The lowest BCUT2D eigenvalue weighted by Gasteiger charge is -2.20. The Morgan fingerprint density at radius 2 is 2.06 bits per heavy atom. The van der Waals surface area contributed by atoms with Crippen molar-refractivity contribution in [2.24, 2.45) is 0 Å². The Hall–Kier alpha value is -0.750. The van der Waals surface area contributed by atoms with E-state index in [1.165, 1.54) is 7.11 Å². The fourth-order valence-corrected chi connectivity index (χ4v) is 2.24. The van der Waals surface area contributed by atoms with Crippen LogP contribution in [0.1, 0.15) is 24.9 Å². The Bertz CT molecular complexity index is 395. The van der Waals surface area contributed by atoms with Gasteiger partial charge in [-0.05, 0) is 40.2 Å². The van der Waals surface area contributed by atoms with Gasteiger partial charge in [0.25, 0.3) is 0 Å². The first-order valence-electron chi connectivity index (χ1n) is 5.51. The second-order valence-electron chi connectivity index (χ2n) is 3.82. The Morgan fingerprint density at radius 1 is 1.39 bits per heavy atom. The number of halogens is 4. The first-order chi connectivity index (χ1) is 8.37. The number of benzene rings is 1. The Kier molecular flexibility index (Phi) is 5.47. The van der Waals surface area contributed by atoms with Gasteiger partial charge in [-0.1, -0.05) is 13.0 Å². The van der Waals surface area contributed by atoms with Gasteiger partial charge in [-0.15, -0.1) is 0 Å². The van der Waals surface area contributed by atoms with Crippen LogP contribution >= 0.6 is 15.9 Å². The number of nitrogens with one attached hydrogen (secondary N) is 1. The topological polar surface area (TPSA) is 21.3 Å². The number of alkyl halides is 3. The van der Waals surface area contributed by atoms with Gasteiger partial charge in [-0.2, -0.15) is 13.2 Å². The van der Waals surface area contributed by atoms with Gasteiger partial charge in [0.05, 0.1) is 18.0 Å². The summed E-state index contributed by atoms with van der Waals surface area (Å²) in [6, 6.07) is 4.21. The molecule has 1 aromatic carbocycles. The Balaban J connectivity index is 2.95. The third-order valence-electron chi connectivity index (χ3n) is 2.46.